The number of aliphatic hydroxyl groups excluding tert-OH is 1. The summed E-state index contributed by atoms with van der Waals surface area (Å²) < 4.78 is 4.93. The first-order chi connectivity index (χ1) is 4.87. The van der Waals surface area contributed by atoms with Crippen molar-refractivity contribution in [2.24, 2.45) is 0 Å². The third-order valence-electron chi connectivity index (χ3n) is 2.29. The zero-order valence-corrected chi connectivity index (χ0v) is 5.71. The minimum absolute atomic E-state index is 0.0764. The molecule has 2 nitrogen and oxygen atoms in total. The SMILES string of the molecule is OCC1(c2ccoc2)CC1. The average Bonchev–Trinajstić information content (AvgIpc) is 2.58. The van der Waals surface area contributed by atoms with Gasteiger partial charge in [0, 0.05) is 5.41 Å². The van der Waals surface area contributed by atoms with Gasteiger partial charge in [0.25, 0.3) is 0 Å². The van der Waals surface area contributed by atoms with E-state index in [1.54, 1.807) is 12.5 Å². The lowest BCUT2D eigenvalue weighted by Crippen LogP contribution is -2.09. The first-order valence-corrected chi connectivity index (χ1v) is 3.51. The average molecular weight is 138 g/mol. The Balaban J connectivity index is 2.27. The minimum atomic E-state index is 0.0764. The van der Waals surface area contributed by atoms with Gasteiger partial charge >= 0.3 is 0 Å². The molecule has 0 radical (unpaired) electrons. The zero-order chi connectivity index (χ0) is 7.03. The number of hydrogen-bond acceptors (Lipinski definition) is 2. The van der Waals surface area contributed by atoms with Gasteiger partial charge in [0.15, 0.2) is 0 Å². The second-order valence-corrected chi connectivity index (χ2v) is 2.95. The van der Waals surface area contributed by atoms with Crippen LogP contribution in [-0.2, 0) is 5.41 Å². The van der Waals surface area contributed by atoms with Gasteiger partial charge < -0.3 is 9.52 Å². The van der Waals surface area contributed by atoms with E-state index in [1.165, 1.54) is 0 Å². The predicted molar refractivity (Wildman–Crippen MR) is 36.7 cm³/mol. The molecule has 2 heteroatoms. The van der Waals surface area contributed by atoms with Gasteiger partial charge in [0.05, 0.1) is 19.1 Å². The molecule has 1 aromatic heterocycles. The molecule has 1 aliphatic rings. The Bertz CT molecular complexity index is 209. The first-order valence-electron chi connectivity index (χ1n) is 3.51. The molecule has 1 aromatic rings. The van der Waals surface area contributed by atoms with Crippen LogP contribution in [-0.4, -0.2) is 11.7 Å². The number of rotatable bonds is 2. The van der Waals surface area contributed by atoms with Gasteiger partial charge in [-0.3, -0.25) is 0 Å². The van der Waals surface area contributed by atoms with E-state index in [0.717, 1.165) is 18.4 Å². The highest BCUT2D eigenvalue weighted by molar-refractivity contribution is 5.27. The van der Waals surface area contributed by atoms with Gasteiger partial charge in [-0.25, -0.2) is 0 Å². The maximum atomic E-state index is 8.99. The summed E-state index contributed by atoms with van der Waals surface area (Å²) in [6, 6.07) is 1.93. The van der Waals surface area contributed by atoms with E-state index < -0.39 is 0 Å². The molecule has 0 saturated heterocycles. The summed E-state index contributed by atoms with van der Waals surface area (Å²) in [5.41, 5.74) is 1.22. The first kappa shape index (κ1) is 5.98. The lowest BCUT2D eigenvalue weighted by atomic mass is 10.0. The Morgan fingerprint density at radius 1 is 1.60 bits per heavy atom. The van der Waals surface area contributed by atoms with Crippen molar-refractivity contribution < 1.29 is 9.52 Å². The summed E-state index contributed by atoms with van der Waals surface area (Å²) in [6.45, 7) is 0.256. The molecule has 0 bridgehead atoms. The van der Waals surface area contributed by atoms with E-state index >= 15 is 0 Å². The van der Waals surface area contributed by atoms with Crippen LogP contribution in [0.4, 0.5) is 0 Å². The van der Waals surface area contributed by atoms with Crippen LogP contribution in [0, 0.1) is 0 Å². The molecule has 54 valence electrons. The van der Waals surface area contributed by atoms with Crippen molar-refractivity contribution in [2.75, 3.05) is 6.61 Å². The van der Waals surface area contributed by atoms with E-state index in [9.17, 15) is 0 Å². The number of aliphatic hydroxyl groups is 1. The van der Waals surface area contributed by atoms with Crippen LogP contribution in [0.15, 0.2) is 23.0 Å². The number of furan rings is 1. The van der Waals surface area contributed by atoms with Gasteiger partial charge in [-0.15, -0.1) is 0 Å². The molecule has 0 atom stereocenters. The van der Waals surface area contributed by atoms with Crippen molar-refractivity contribution in [3.63, 3.8) is 0 Å². The fourth-order valence-electron chi connectivity index (χ4n) is 1.26. The molecule has 1 fully saturated rings. The summed E-state index contributed by atoms with van der Waals surface area (Å²) >= 11 is 0. The van der Waals surface area contributed by atoms with Crippen LogP contribution in [0.3, 0.4) is 0 Å². The normalized spacial score (nSPS) is 20.9. The van der Waals surface area contributed by atoms with Crippen LogP contribution in [0.25, 0.3) is 0 Å². The highest BCUT2D eigenvalue weighted by atomic mass is 16.3. The second-order valence-electron chi connectivity index (χ2n) is 2.95. The third kappa shape index (κ3) is 0.688. The molecule has 1 heterocycles. The van der Waals surface area contributed by atoms with E-state index in [1.807, 2.05) is 6.07 Å². The molecule has 1 aliphatic carbocycles. The fourth-order valence-corrected chi connectivity index (χ4v) is 1.26. The van der Waals surface area contributed by atoms with Crippen molar-refractivity contribution in [3.05, 3.63) is 24.2 Å². The fraction of sp³-hybridized carbons (Fsp3) is 0.500. The van der Waals surface area contributed by atoms with Crippen molar-refractivity contribution in [3.8, 4) is 0 Å². The minimum Gasteiger partial charge on any atom is -0.472 e. The molecule has 10 heavy (non-hydrogen) atoms. The number of hydrogen-bond donors (Lipinski definition) is 1. The highest BCUT2D eigenvalue weighted by Gasteiger charge is 2.44. The maximum absolute atomic E-state index is 8.99. The van der Waals surface area contributed by atoms with Crippen LogP contribution < -0.4 is 0 Å². The van der Waals surface area contributed by atoms with Crippen LogP contribution in [0.5, 0.6) is 0 Å². The molecular formula is C8H10O2. The van der Waals surface area contributed by atoms with Crippen molar-refractivity contribution in [1.29, 1.82) is 0 Å². The van der Waals surface area contributed by atoms with Gasteiger partial charge in [-0.05, 0) is 24.5 Å². The zero-order valence-electron chi connectivity index (χ0n) is 5.71. The second kappa shape index (κ2) is 1.86. The van der Waals surface area contributed by atoms with Gasteiger partial charge in [0.1, 0.15) is 0 Å². The summed E-state index contributed by atoms with van der Waals surface area (Å²) in [7, 11) is 0. The van der Waals surface area contributed by atoms with E-state index in [-0.39, 0.29) is 12.0 Å². The van der Waals surface area contributed by atoms with Gasteiger partial charge in [-0.1, -0.05) is 0 Å². The van der Waals surface area contributed by atoms with Crippen molar-refractivity contribution in [1.82, 2.24) is 0 Å². The Morgan fingerprint density at radius 2 is 2.40 bits per heavy atom. The van der Waals surface area contributed by atoms with Gasteiger partial charge in [-0.2, -0.15) is 0 Å². The van der Waals surface area contributed by atoms with E-state index in [2.05, 4.69) is 0 Å². The van der Waals surface area contributed by atoms with Crippen LogP contribution in [0.1, 0.15) is 18.4 Å². The Kier molecular flexibility index (Phi) is 1.11. The molecule has 0 amide bonds. The lowest BCUT2D eigenvalue weighted by Gasteiger charge is -2.06. The molecule has 1 N–H and O–H groups in total. The Labute approximate surface area is 59.5 Å². The highest BCUT2D eigenvalue weighted by Crippen LogP contribution is 2.47. The molecule has 0 aliphatic heterocycles. The third-order valence-corrected chi connectivity index (χ3v) is 2.29. The summed E-state index contributed by atoms with van der Waals surface area (Å²) in [6.07, 6.45) is 5.58. The van der Waals surface area contributed by atoms with Crippen LogP contribution in [0.2, 0.25) is 0 Å². The quantitative estimate of drug-likeness (QED) is 0.668. The van der Waals surface area contributed by atoms with Crippen LogP contribution >= 0.6 is 0 Å². The molecule has 0 spiro atoms. The van der Waals surface area contributed by atoms with Crippen molar-refractivity contribution >= 4 is 0 Å². The lowest BCUT2D eigenvalue weighted by molar-refractivity contribution is 0.254. The summed E-state index contributed by atoms with van der Waals surface area (Å²) in [5.74, 6) is 0. The Morgan fingerprint density at radius 3 is 2.80 bits per heavy atom. The largest absolute Gasteiger partial charge is 0.472 e. The molecule has 2 rings (SSSR count). The maximum Gasteiger partial charge on any atom is 0.0941 e. The van der Waals surface area contributed by atoms with E-state index in [4.69, 9.17) is 9.52 Å². The predicted octanol–water partition coefficient (Wildman–Crippen LogP) is 1.30. The van der Waals surface area contributed by atoms with E-state index in [0.29, 0.717) is 0 Å². The summed E-state index contributed by atoms with van der Waals surface area (Å²) in [4.78, 5) is 0. The topological polar surface area (TPSA) is 33.4 Å². The van der Waals surface area contributed by atoms with Gasteiger partial charge in [0.2, 0.25) is 0 Å². The van der Waals surface area contributed by atoms with Crippen molar-refractivity contribution in [2.45, 2.75) is 18.3 Å². The molecule has 0 aromatic carbocycles. The molecule has 0 unspecified atom stereocenters. The molecular weight excluding hydrogens is 128 g/mol. The Hall–Kier alpha value is -0.760. The summed E-state index contributed by atoms with van der Waals surface area (Å²) in [5, 5.41) is 8.99. The standard InChI is InChI=1S/C8H10O2/c9-6-8(2-3-8)7-1-4-10-5-7/h1,4-5,9H,2-3,6H2. The monoisotopic (exact) mass is 138 g/mol. The smallest absolute Gasteiger partial charge is 0.0941 e. The molecule has 1 saturated carbocycles.